The van der Waals surface area contributed by atoms with E-state index in [-0.39, 0.29) is 17.2 Å². The summed E-state index contributed by atoms with van der Waals surface area (Å²) in [6, 6.07) is 5.65. The molecule has 2 heterocycles. The van der Waals surface area contributed by atoms with E-state index in [0.717, 1.165) is 36.1 Å². The second-order valence-corrected chi connectivity index (χ2v) is 9.93. The third kappa shape index (κ3) is 4.33. The highest BCUT2D eigenvalue weighted by atomic mass is 32.2. The number of nitrogens with zero attached hydrogens (tertiary/aromatic N) is 3. The number of aryl methyl sites for hydroxylation is 2. The molecule has 0 spiro atoms. The van der Waals surface area contributed by atoms with Crippen LogP contribution in [0, 0.1) is 10.1 Å². The molecule has 0 radical (unpaired) electrons. The summed E-state index contributed by atoms with van der Waals surface area (Å²) in [6.45, 7) is 5.81. The van der Waals surface area contributed by atoms with Gasteiger partial charge >= 0.3 is 0 Å². The molecule has 1 unspecified atom stereocenters. The van der Waals surface area contributed by atoms with Crippen LogP contribution in [-0.4, -0.2) is 25.6 Å². The van der Waals surface area contributed by atoms with Crippen LogP contribution in [0.1, 0.15) is 30.2 Å². The number of thioether (sulfide) groups is 1. The van der Waals surface area contributed by atoms with E-state index in [0.29, 0.717) is 22.8 Å². The number of non-ortho nitro benzene ring substituents is 1. The van der Waals surface area contributed by atoms with Gasteiger partial charge in [0, 0.05) is 29.2 Å². The molecule has 1 aliphatic carbocycles. The summed E-state index contributed by atoms with van der Waals surface area (Å²) in [6.07, 6.45) is 5.74. The number of carbonyl (C=O) groups excluding carboxylic acids is 1. The number of allylic oxidation sites excluding steroid dienone is 1. The van der Waals surface area contributed by atoms with Crippen LogP contribution < -0.4 is 10.9 Å². The predicted octanol–water partition coefficient (Wildman–Crippen LogP) is 4.55. The Balaban J connectivity index is 1.60. The number of fused-ring (bicyclic) bond motifs is 3. The lowest BCUT2D eigenvalue weighted by Gasteiger charge is -2.15. The number of hydrogen-bond donors (Lipinski definition) is 1. The molecular weight excluding hydrogens is 448 g/mol. The van der Waals surface area contributed by atoms with Gasteiger partial charge in [-0.05, 0) is 50.3 Å². The molecule has 0 aliphatic heterocycles. The van der Waals surface area contributed by atoms with Gasteiger partial charge < -0.3 is 5.32 Å². The van der Waals surface area contributed by atoms with Crippen molar-refractivity contribution in [2.75, 3.05) is 5.32 Å². The topological polar surface area (TPSA) is 107 Å². The van der Waals surface area contributed by atoms with E-state index in [2.05, 4.69) is 11.9 Å². The molecule has 3 aromatic rings. The molecular formula is C22H22N4O4S2. The van der Waals surface area contributed by atoms with Crippen molar-refractivity contribution in [3.63, 3.8) is 0 Å². The highest BCUT2D eigenvalue weighted by Crippen LogP contribution is 2.35. The third-order valence-corrected chi connectivity index (χ3v) is 7.62. The zero-order valence-corrected chi connectivity index (χ0v) is 19.1. The zero-order chi connectivity index (χ0) is 22.8. The van der Waals surface area contributed by atoms with Crippen molar-refractivity contribution in [2.24, 2.45) is 0 Å². The van der Waals surface area contributed by atoms with Crippen molar-refractivity contribution in [3.05, 3.63) is 67.8 Å². The fraction of sp³-hybridized carbons (Fsp3) is 0.318. The molecule has 1 aliphatic rings. The van der Waals surface area contributed by atoms with E-state index in [4.69, 9.17) is 4.98 Å². The maximum absolute atomic E-state index is 13.3. The van der Waals surface area contributed by atoms with Gasteiger partial charge in [-0.3, -0.25) is 24.3 Å². The van der Waals surface area contributed by atoms with Crippen LogP contribution in [0.3, 0.4) is 0 Å². The van der Waals surface area contributed by atoms with Gasteiger partial charge in [0.05, 0.1) is 15.6 Å². The van der Waals surface area contributed by atoms with Crippen molar-refractivity contribution >= 4 is 50.6 Å². The average Bonchev–Trinajstić information content (AvgIpc) is 3.15. The summed E-state index contributed by atoms with van der Waals surface area (Å²) < 4.78 is 1.58. The first-order valence-electron chi connectivity index (χ1n) is 10.3. The molecule has 1 amide bonds. The Morgan fingerprint density at radius 1 is 1.38 bits per heavy atom. The van der Waals surface area contributed by atoms with Gasteiger partial charge in [-0.15, -0.1) is 17.9 Å². The maximum atomic E-state index is 13.3. The van der Waals surface area contributed by atoms with Gasteiger partial charge in [0.1, 0.15) is 4.83 Å². The number of benzene rings is 1. The smallest absolute Gasteiger partial charge is 0.269 e. The van der Waals surface area contributed by atoms with Gasteiger partial charge in [0.25, 0.3) is 11.2 Å². The largest absolute Gasteiger partial charge is 0.325 e. The Morgan fingerprint density at radius 2 is 2.09 bits per heavy atom. The number of nitro groups is 1. The number of nitro benzene ring substituents is 1. The first kappa shape index (κ1) is 22.2. The average molecular weight is 471 g/mol. The number of amides is 1. The summed E-state index contributed by atoms with van der Waals surface area (Å²) in [5.41, 5.74) is 1.47. The number of hydrogen-bond acceptors (Lipinski definition) is 7. The molecule has 2 aromatic heterocycles. The van der Waals surface area contributed by atoms with E-state index in [1.54, 1.807) is 28.9 Å². The molecule has 32 heavy (non-hydrogen) atoms. The second kappa shape index (κ2) is 9.25. The summed E-state index contributed by atoms with van der Waals surface area (Å²) in [5, 5.41) is 14.2. The first-order chi connectivity index (χ1) is 15.4. The normalized spacial score (nSPS) is 14.0. The Morgan fingerprint density at radius 3 is 2.78 bits per heavy atom. The minimum absolute atomic E-state index is 0.0463. The summed E-state index contributed by atoms with van der Waals surface area (Å²) >= 11 is 2.79. The van der Waals surface area contributed by atoms with Crippen molar-refractivity contribution in [3.8, 4) is 0 Å². The number of rotatable bonds is 7. The van der Waals surface area contributed by atoms with E-state index < -0.39 is 10.2 Å². The van der Waals surface area contributed by atoms with Crippen LogP contribution >= 0.6 is 23.1 Å². The van der Waals surface area contributed by atoms with Crippen molar-refractivity contribution in [1.29, 1.82) is 0 Å². The van der Waals surface area contributed by atoms with Crippen LogP contribution in [0.4, 0.5) is 11.4 Å². The predicted molar refractivity (Wildman–Crippen MR) is 128 cm³/mol. The van der Waals surface area contributed by atoms with E-state index >= 15 is 0 Å². The molecule has 4 rings (SSSR count). The molecule has 0 fully saturated rings. The van der Waals surface area contributed by atoms with E-state index in [1.165, 1.54) is 40.9 Å². The number of anilines is 1. The maximum Gasteiger partial charge on any atom is 0.269 e. The van der Waals surface area contributed by atoms with Gasteiger partial charge in [-0.25, -0.2) is 4.98 Å². The molecule has 1 atom stereocenters. The lowest BCUT2D eigenvalue weighted by molar-refractivity contribution is -0.384. The summed E-state index contributed by atoms with van der Waals surface area (Å²) in [5.74, 6) is -0.283. The monoisotopic (exact) mass is 470 g/mol. The Bertz CT molecular complexity index is 1260. The van der Waals surface area contributed by atoms with Gasteiger partial charge in [0.15, 0.2) is 5.16 Å². The quantitative estimate of drug-likeness (QED) is 0.178. The summed E-state index contributed by atoms with van der Waals surface area (Å²) in [4.78, 5) is 43.1. The fourth-order valence-electron chi connectivity index (χ4n) is 3.72. The summed E-state index contributed by atoms with van der Waals surface area (Å²) in [7, 11) is 0. The molecule has 1 aromatic carbocycles. The van der Waals surface area contributed by atoms with Crippen LogP contribution in [0.2, 0.25) is 0 Å². The Hall–Kier alpha value is -2.98. The Kier molecular flexibility index (Phi) is 6.43. The molecule has 0 saturated heterocycles. The number of carbonyl (C=O) groups is 1. The third-order valence-electron chi connectivity index (χ3n) is 5.35. The molecule has 8 nitrogen and oxygen atoms in total. The first-order valence-corrected chi connectivity index (χ1v) is 12.0. The number of aromatic nitrogens is 2. The molecule has 166 valence electrons. The SMILES string of the molecule is C=CCn1c(SC(C)C(=O)Nc2ccc([N+](=O)[O-])cc2)nc2sc3c(c2c1=O)CCCC3. The van der Waals surface area contributed by atoms with Gasteiger partial charge in [-0.1, -0.05) is 17.8 Å². The minimum atomic E-state index is -0.541. The highest BCUT2D eigenvalue weighted by molar-refractivity contribution is 8.00. The number of nitrogens with one attached hydrogen (secondary N) is 1. The highest BCUT2D eigenvalue weighted by Gasteiger charge is 2.24. The lowest BCUT2D eigenvalue weighted by Crippen LogP contribution is -2.27. The molecule has 10 heteroatoms. The Labute approximate surface area is 192 Å². The molecule has 0 bridgehead atoms. The minimum Gasteiger partial charge on any atom is -0.325 e. The second-order valence-electron chi connectivity index (χ2n) is 7.54. The van der Waals surface area contributed by atoms with Crippen LogP contribution in [-0.2, 0) is 24.2 Å². The van der Waals surface area contributed by atoms with Crippen LogP contribution in [0.5, 0.6) is 0 Å². The molecule has 1 N–H and O–H groups in total. The van der Waals surface area contributed by atoms with E-state index in [9.17, 15) is 19.7 Å². The van der Waals surface area contributed by atoms with Gasteiger partial charge in [-0.2, -0.15) is 0 Å². The number of thiophene rings is 1. The standard InChI is InChI=1S/C22H22N4O4S2/c1-3-12-25-21(28)18-16-6-4-5-7-17(16)32-20(18)24-22(25)31-13(2)19(27)23-14-8-10-15(11-9-14)26(29)30/h3,8-11,13H,1,4-7,12H2,2H3,(H,23,27). The lowest BCUT2D eigenvalue weighted by atomic mass is 9.97. The van der Waals surface area contributed by atoms with Gasteiger partial charge in [0.2, 0.25) is 5.91 Å². The fourth-order valence-corrected chi connectivity index (χ4v) is 5.94. The van der Waals surface area contributed by atoms with Crippen molar-refractivity contribution in [2.45, 2.75) is 49.6 Å². The van der Waals surface area contributed by atoms with Crippen molar-refractivity contribution < 1.29 is 9.72 Å². The van der Waals surface area contributed by atoms with Crippen molar-refractivity contribution in [1.82, 2.24) is 9.55 Å². The molecule has 0 saturated carbocycles. The van der Waals surface area contributed by atoms with Crippen LogP contribution in [0.25, 0.3) is 10.2 Å². The van der Waals surface area contributed by atoms with E-state index in [1.807, 2.05) is 0 Å². The zero-order valence-electron chi connectivity index (χ0n) is 17.5. The van der Waals surface area contributed by atoms with Crippen LogP contribution in [0.15, 0.2) is 46.9 Å².